The third-order valence-electron chi connectivity index (χ3n) is 2.63. The molecule has 0 saturated carbocycles. The van der Waals surface area contributed by atoms with E-state index >= 15 is 0 Å². The summed E-state index contributed by atoms with van der Waals surface area (Å²) in [5.74, 6) is 0.221. The number of nitro benzene ring substituents is 1. The molecule has 0 saturated heterocycles. The number of amides is 1. The van der Waals surface area contributed by atoms with E-state index in [1.807, 2.05) is 6.92 Å². The van der Waals surface area contributed by atoms with Crippen molar-refractivity contribution in [1.82, 2.24) is 10.6 Å². The van der Waals surface area contributed by atoms with Gasteiger partial charge in [-0.05, 0) is 19.0 Å². The number of hydrogen-bond donors (Lipinski definition) is 2. The van der Waals surface area contributed by atoms with Gasteiger partial charge in [-0.15, -0.1) is 0 Å². The lowest BCUT2D eigenvalue weighted by molar-refractivity contribution is -0.384. The highest BCUT2D eigenvalue weighted by molar-refractivity contribution is 5.77. The van der Waals surface area contributed by atoms with Crippen LogP contribution in [0.25, 0.3) is 0 Å². The Morgan fingerprint density at radius 1 is 1.45 bits per heavy atom. The predicted molar refractivity (Wildman–Crippen MR) is 74.7 cm³/mol. The Hall–Kier alpha value is -2.15. The normalized spacial score (nSPS) is 10.1. The Labute approximate surface area is 117 Å². The van der Waals surface area contributed by atoms with Crippen molar-refractivity contribution in [2.75, 3.05) is 20.2 Å². The number of benzene rings is 1. The summed E-state index contributed by atoms with van der Waals surface area (Å²) in [5, 5.41) is 16.4. The third-order valence-corrected chi connectivity index (χ3v) is 2.63. The average Bonchev–Trinajstić information content (AvgIpc) is 2.45. The summed E-state index contributed by atoms with van der Waals surface area (Å²) in [5.41, 5.74) is 0.669. The molecule has 0 spiro atoms. The van der Waals surface area contributed by atoms with Crippen molar-refractivity contribution < 1.29 is 14.5 Å². The van der Waals surface area contributed by atoms with Gasteiger partial charge in [-0.25, -0.2) is 0 Å². The second-order valence-electron chi connectivity index (χ2n) is 4.19. The van der Waals surface area contributed by atoms with Crippen LogP contribution in [0.5, 0.6) is 5.75 Å². The van der Waals surface area contributed by atoms with E-state index in [0.717, 1.165) is 13.0 Å². The molecule has 0 aromatic heterocycles. The first-order valence-corrected chi connectivity index (χ1v) is 6.40. The van der Waals surface area contributed by atoms with E-state index in [4.69, 9.17) is 4.74 Å². The summed E-state index contributed by atoms with van der Waals surface area (Å²) in [6.07, 6.45) is 0.962. The lowest BCUT2D eigenvalue weighted by Crippen LogP contribution is -2.25. The van der Waals surface area contributed by atoms with E-state index in [0.29, 0.717) is 17.9 Å². The zero-order chi connectivity index (χ0) is 15.0. The number of carbonyl (C=O) groups excluding carboxylic acids is 1. The molecule has 0 fully saturated rings. The van der Waals surface area contributed by atoms with E-state index in [-0.39, 0.29) is 18.2 Å². The Balaban J connectivity index is 2.84. The number of carbonyl (C=O) groups is 1. The fourth-order valence-corrected chi connectivity index (χ4v) is 1.57. The quantitative estimate of drug-likeness (QED) is 0.424. The molecule has 7 nitrogen and oxygen atoms in total. The van der Waals surface area contributed by atoms with Gasteiger partial charge in [-0.1, -0.05) is 6.92 Å². The number of nitro groups is 1. The first-order chi connectivity index (χ1) is 9.58. The second-order valence-corrected chi connectivity index (χ2v) is 4.19. The molecule has 0 aliphatic heterocycles. The molecule has 20 heavy (non-hydrogen) atoms. The van der Waals surface area contributed by atoms with Gasteiger partial charge in [-0.2, -0.15) is 0 Å². The SMILES string of the molecule is CCCNCc1cc([N+](=O)[O-])ccc1OCC(=O)NC. The number of non-ortho nitro benzene ring substituents is 1. The standard InChI is InChI=1S/C13H19N3O4/c1-3-6-15-8-10-7-11(16(18)19)4-5-12(10)20-9-13(17)14-2/h4-5,7,15H,3,6,8-9H2,1-2H3,(H,14,17). The summed E-state index contributed by atoms with van der Waals surface area (Å²) in [6, 6.07) is 4.34. The second kappa shape index (κ2) is 8.11. The Bertz CT molecular complexity index is 477. The van der Waals surface area contributed by atoms with Crippen molar-refractivity contribution >= 4 is 11.6 Å². The number of rotatable bonds is 8. The molecule has 2 N–H and O–H groups in total. The molecular weight excluding hydrogens is 262 g/mol. The van der Waals surface area contributed by atoms with Crippen LogP contribution >= 0.6 is 0 Å². The number of likely N-dealkylation sites (N-methyl/N-ethyl adjacent to an activating group) is 1. The Morgan fingerprint density at radius 3 is 2.80 bits per heavy atom. The van der Waals surface area contributed by atoms with Gasteiger partial charge in [0.25, 0.3) is 11.6 Å². The maximum atomic E-state index is 11.2. The first-order valence-electron chi connectivity index (χ1n) is 6.40. The van der Waals surface area contributed by atoms with Gasteiger partial charge < -0.3 is 15.4 Å². The smallest absolute Gasteiger partial charge is 0.270 e. The lowest BCUT2D eigenvalue weighted by Gasteiger charge is -2.11. The van der Waals surface area contributed by atoms with Crippen molar-refractivity contribution in [2.24, 2.45) is 0 Å². The van der Waals surface area contributed by atoms with Gasteiger partial charge in [0.15, 0.2) is 6.61 Å². The van der Waals surface area contributed by atoms with Gasteiger partial charge in [0.05, 0.1) is 4.92 Å². The minimum atomic E-state index is -0.453. The number of nitrogens with zero attached hydrogens (tertiary/aromatic N) is 1. The zero-order valence-corrected chi connectivity index (χ0v) is 11.6. The van der Waals surface area contributed by atoms with E-state index in [9.17, 15) is 14.9 Å². The molecule has 0 atom stereocenters. The Morgan fingerprint density at radius 2 is 2.20 bits per heavy atom. The molecule has 110 valence electrons. The van der Waals surface area contributed by atoms with E-state index in [1.54, 1.807) is 0 Å². The van der Waals surface area contributed by atoms with E-state index in [2.05, 4.69) is 10.6 Å². The highest BCUT2D eigenvalue weighted by Crippen LogP contribution is 2.24. The van der Waals surface area contributed by atoms with Gasteiger partial charge in [0.2, 0.25) is 0 Å². The molecule has 7 heteroatoms. The Kier molecular flexibility index (Phi) is 6.45. The molecule has 0 aliphatic rings. The van der Waals surface area contributed by atoms with Crippen LogP contribution in [0.1, 0.15) is 18.9 Å². The molecule has 1 aromatic rings. The minimum absolute atomic E-state index is 0.00518. The summed E-state index contributed by atoms with van der Waals surface area (Å²) in [7, 11) is 1.52. The van der Waals surface area contributed by atoms with Crippen LogP contribution in [0.4, 0.5) is 5.69 Å². The average molecular weight is 281 g/mol. The van der Waals surface area contributed by atoms with Crippen LogP contribution in [-0.4, -0.2) is 31.0 Å². The summed E-state index contributed by atoms with van der Waals surface area (Å²) in [4.78, 5) is 21.5. The van der Waals surface area contributed by atoms with Crippen LogP contribution in [0.15, 0.2) is 18.2 Å². The van der Waals surface area contributed by atoms with E-state index in [1.165, 1.54) is 25.2 Å². The van der Waals surface area contributed by atoms with Crippen molar-refractivity contribution in [3.8, 4) is 5.75 Å². The largest absolute Gasteiger partial charge is 0.483 e. The predicted octanol–water partition coefficient (Wildman–Crippen LogP) is 1.22. The molecule has 1 rings (SSSR count). The summed E-state index contributed by atoms with van der Waals surface area (Å²) in [6.45, 7) is 3.18. The topological polar surface area (TPSA) is 93.5 Å². The molecule has 0 aliphatic carbocycles. The maximum absolute atomic E-state index is 11.2. The zero-order valence-electron chi connectivity index (χ0n) is 11.6. The van der Waals surface area contributed by atoms with Crippen LogP contribution in [-0.2, 0) is 11.3 Å². The summed E-state index contributed by atoms with van der Waals surface area (Å²) >= 11 is 0. The lowest BCUT2D eigenvalue weighted by atomic mass is 10.1. The van der Waals surface area contributed by atoms with Crippen LogP contribution in [0, 0.1) is 10.1 Å². The van der Waals surface area contributed by atoms with Crippen LogP contribution in [0.3, 0.4) is 0 Å². The van der Waals surface area contributed by atoms with Crippen LogP contribution < -0.4 is 15.4 Å². The van der Waals surface area contributed by atoms with Gasteiger partial charge in [-0.3, -0.25) is 14.9 Å². The maximum Gasteiger partial charge on any atom is 0.270 e. The fourth-order valence-electron chi connectivity index (χ4n) is 1.57. The number of hydrogen-bond acceptors (Lipinski definition) is 5. The monoisotopic (exact) mass is 281 g/mol. The molecule has 1 amide bonds. The summed E-state index contributed by atoms with van der Waals surface area (Å²) < 4.78 is 5.38. The molecule has 0 bridgehead atoms. The molecule has 0 heterocycles. The number of ether oxygens (including phenoxy) is 1. The molecular formula is C13H19N3O4. The van der Waals surface area contributed by atoms with Crippen molar-refractivity contribution in [3.63, 3.8) is 0 Å². The van der Waals surface area contributed by atoms with Crippen molar-refractivity contribution in [3.05, 3.63) is 33.9 Å². The minimum Gasteiger partial charge on any atom is -0.483 e. The highest BCUT2D eigenvalue weighted by Gasteiger charge is 2.12. The van der Waals surface area contributed by atoms with Gasteiger partial charge in [0.1, 0.15) is 5.75 Å². The van der Waals surface area contributed by atoms with Crippen molar-refractivity contribution in [2.45, 2.75) is 19.9 Å². The van der Waals surface area contributed by atoms with Crippen molar-refractivity contribution in [1.29, 1.82) is 0 Å². The van der Waals surface area contributed by atoms with Crippen LogP contribution in [0.2, 0.25) is 0 Å². The molecule has 0 unspecified atom stereocenters. The first kappa shape index (κ1) is 15.9. The third kappa shape index (κ3) is 4.85. The highest BCUT2D eigenvalue weighted by atomic mass is 16.6. The van der Waals surface area contributed by atoms with E-state index < -0.39 is 4.92 Å². The van der Waals surface area contributed by atoms with Gasteiger partial charge in [0, 0.05) is 31.3 Å². The molecule has 0 radical (unpaired) electrons. The fraction of sp³-hybridized carbons (Fsp3) is 0.462. The van der Waals surface area contributed by atoms with Gasteiger partial charge >= 0.3 is 0 Å². The molecule has 1 aromatic carbocycles. The number of nitrogens with one attached hydrogen (secondary N) is 2.